The van der Waals surface area contributed by atoms with Crippen molar-refractivity contribution in [1.82, 2.24) is 24.5 Å². The highest BCUT2D eigenvalue weighted by molar-refractivity contribution is 5.98. The van der Waals surface area contributed by atoms with Crippen molar-refractivity contribution in [2.24, 2.45) is 5.73 Å². The van der Waals surface area contributed by atoms with E-state index in [1.165, 1.54) is 0 Å². The Bertz CT molecular complexity index is 1610. The Morgan fingerprint density at radius 2 is 1.77 bits per heavy atom. The molecule has 0 spiro atoms. The number of imidazole rings is 1. The van der Waals surface area contributed by atoms with E-state index < -0.39 is 0 Å². The number of ether oxygens (including phenoxy) is 2. The smallest absolute Gasteiger partial charge is 0.323 e. The van der Waals surface area contributed by atoms with Crippen LogP contribution < -0.4 is 26.5 Å². The summed E-state index contributed by atoms with van der Waals surface area (Å²) in [6.45, 7) is 1.42. The molecular weight excluding hydrogens is 400 g/mol. The number of rotatable bonds is 4. The summed E-state index contributed by atoms with van der Waals surface area (Å²) >= 11 is 0. The molecule has 5 N–H and O–H groups in total. The molecule has 4 heterocycles. The highest BCUT2D eigenvalue weighted by Crippen LogP contribution is 2.40. The van der Waals surface area contributed by atoms with Crippen LogP contribution in [-0.2, 0) is 6.54 Å². The SMILES string of the molecule is NCCCn1cc(-c2nc3cc4[nH]c(=O)[nH]c4cc3[nH]c2=O)c2cc3c(cc21)OCO3. The highest BCUT2D eigenvalue weighted by Gasteiger charge is 2.21. The Balaban J connectivity index is 1.61. The summed E-state index contributed by atoms with van der Waals surface area (Å²) in [5, 5.41) is 0.842. The zero-order valence-electron chi connectivity index (χ0n) is 16.3. The predicted octanol–water partition coefficient (Wildman–Crippen LogP) is 1.79. The number of aryl methyl sites for hydroxylation is 1. The number of aromatic amines is 3. The maximum atomic E-state index is 13.0. The number of nitrogens with two attached hydrogens (primary N) is 1. The summed E-state index contributed by atoms with van der Waals surface area (Å²) in [6, 6.07) is 7.23. The molecule has 0 unspecified atom stereocenters. The lowest BCUT2D eigenvalue weighted by molar-refractivity contribution is 0.174. The van der Waals surface area contributed by atoms with Gasteiger partial charge in [-0.1, -0.05) is 0 Å². The van der Waals surface area contributed by atoms with E-state index in [0.717, 1.165) is 17.3 Å². The molecule has 0 atom stereocenters. The van der Waals surface area contributed by atoms with E-state index in [0.29, 0.717) is 57.9 Å². The second kappa shape index (κ2) is 6.47. The number of hydrogen-bond donors (Lipinski definition) is 4. The molecule has 31 heavy (non-hydrogen) atoms. The lowest BCUT2D eigenvalue weighted by Crippen LogP contribution is -2.11. The van der Waals surface area contributed by atoms with E-state index in [2.05, 4.69) is 24.5 Å². The van der Waals surface area contributed by atoms with Crippen LogP contribution in [0, 0.1) is 0 Å². The minimum Gasteiger partial charge on any atom is -0.454 e. The highest BCUT2D eigenvalue weighted by atomic mass is 16.7. The standard InChI is InChI=1S/C21H18N6O4/c22-2-1-3-27-8-11(10-4-17-18(7-16(10)27)31-9-30-17)19-20(28)24-13-6-15-14(5-12(13)23-19)25-21(29)26-15/h4-8H,1-3,9,22H2,(H,24,28)(H2,25,26,29). The van der Waals surface area contributed by atoms with Gasteiger partial charge in [0.05, 0.1) is 27.6 Å². The van der Waals surface area contributed by atoms with Gasteiger partial charge in [0.1, 0.15) is 5.69 Å². The third-order valence-electron chi connectivity index (χ3n) is 5.56. The van der Waals surface area contributed by atoms with Crippen LogP contribution in [0.25, 0.3) is 44.2 Å². The van der Waals surface area contributed by atoms with Gasteiger partial charge in [-0.3, -0.25) is 4.79 Å². The van der Waals surface area contributed by atoms with Gasteiger partial charge >= 0.3 is 5.69 Å². The van der Waals surface area contributed by atoms with Crippen LogP contribution in [0.4, 0.5) is 0 Å². The number of fused-ring (bicyclic) bond motifs is 4. The fraction of sp³-hybridized carbons (Fsp3) is 0.190. The molecule has 1 aliphatic rings. The first kappa shape index (κ1) is 17.8. The van der Waals surface area contributed by atoms with Gasteiger partial charge in [0.15, 0.2) is 11.5 Å². The number of hydrogen-bond acceptors (Lipinski definition) is 6. The van der Waals surface area contributed by atoms with Crippen LogP contribution in [0.5, 0.6) is 11.5 Å². The third-order valence-corrected chi connectivity index (χ3v) is 5.56. The Kier molecular flexibility index (Phi) is 3.71. The second-order valence-electron chi connectivity index (χ2n) is 7.51. The number of H-pyrrole nitrogens is 3. The monoisotopic (exact) mass is 418 g/mol. The van der Waals surface area contributed by atoms with Crippen LogP contribution in [0.3, 0.4) is 0 Å². The van der Waals surface area contributed by atoms with Crippen molar-refractivity contribution in [3.8, 4) is 22.8 Å². The molecule has 0 saturated heterocycles. The van der Waals surface area contributed by atoms with Gasteiger partial charge in [-0.2, -0.15) is 0 Å². The van der Waals surface area contributed by atoms with Crippen LogP contribution >= 0.6 is 0 Å². The molecule has 2 aromatic carbocycles. The molecule has 3 aromatic heterocycles. The molecule has 0 aliphatic carbocycles. The van der Waals surface area contributed by atoms with Crippen LogP contribution in [0.2, 0.25) is 0 Å². The van der Waals surface area contributed by atoms with E-state index in [9.17, 15) is 9.59 Å². The van der Waals surface area contributed by atoms with Gasteiger partial charge in [-0.05, 0) is 31.2 Å². The number of nitrogens with zero attached hydrogens (tertiary/aromatic N) is 2. The summed E-state index contributed by atoms with van der Waals surface area (Å²) in [6.07, 6.45) is 2.70. The van der Waals surface area contributed by atoms with E-state index in [1.807, 2.05) is 18.3 Å². The minimum absolute atomic E-state index is 0.166. The predicted molar refractivity (Wildman–Crippen MR) is 116 cm³/mol. The molecule has 0 bridgehead atoms. The van der Waals surface area contributed by atoms with Gasteiger partial charge in [0.2, 0.25) is 6.79 Å². The molecule has 0 amide bonds. The molecule has 156 valence electrons. The molecular formula is C21H18N6O4. The van der Waals surface area contributed by atoms with Crippen molar-refractivity contribution in [3.05, 3.63) is 51.3 Å². The second-order valence-corrected chi connectivity index (χ2v) is 7.51. The summed E-state index contributed by atoms with van der Waals surface area (Å²) < 4.78 is 13.1. The van der Waals surface area contributed by atoms with Gasteiger partial charge in [0.25, 0.3) is 5.56 Å². The van der Waals surface area contributed by atoms with E-state index in [1.54, 1.807) is 12.1 Å². The number of benzene rings is 2. The molecule has 10 heteroatoms. The summed E-state index contributed by atoms with van der Waals surface area (Å²) in [5.74, 6) is 1.31. The zero-order chi connectivity index (χ0) is 21.1. The van der Waals surface area contributed by atoms with Crippen LogP contribution in [0.1, 0.15) is 6.42 Å². The Labute approximate surface area is 173 Å². The van der Waals surface area contributed by atoms with E-state index in [4.69, 9.17) is 15.2 Å². The normalized spacial score (nSPS) is 13.1. The van der Waals surface area contributed by atoms with Gasteiger partial charge < -0.3 is 34.7 Å². The molecule has 0 fully saturated rings. The lowest BCUT2D eigenvalue weighted by Gasteiger charge is -2.04. The van der Waals surface area contributed by atoms with Crippen LogP contribution in [0.15, 0.2) is 40.1 Å². The molecule has 6 rings (SSSR count). The van der Waals surface area contributed by atoms with Crippen molar-refractivity contribution in [2.75, 3.05) is 13.3 Å². The van der Waals surface area contributed by atoms with Crippen molar-refractivity contribution < 1.29 is 9.47 Å². The average molecular weight is 418 g/mol. The Morgan fingerprint density at radius 1 is 1.00 bits per heavy atom. The first-order valence-corrected chi connectivity index (χ1v) is 9.90. The summed E-state index contributed by atoms with van der Waals surface area (Å²) in [5.41, 5.74) is 9.32. The van der Waals surface area contributed by atoms with E-state index in [-0.39, 0.29) is 18.0 Å². The maximum absolute atomic E-state index is 13.0. The quantitative estimate of drug-likeness (QED) is 0.350. The molecule has 1 aliphatic heterocycles. The van der Waals surface area contributed by atoms with Crippen molar-refractivity contribution >= 4 is 33.0 Å². The van der Waals surface area contributed by atoms with Crippen molar-refractivity contribution in [1.29, 1.82) is 0 Å². The molecule has 5 aromatic rings. The fourth-order valence-corrected chi connectivity index (χ4v) is 4.11. The first-order valence-electron chi connectivity index (χ1n) is 9.90. The van der Waals surface area contributed by atoms with Gasteiger partial charge in [0, 0.05) is 29.8 Å². The third kappa shape index (κ3) is 2.72. The van der Waals surface area contributed by atoms with E-state index >= 15 is 0 Å². The average Bonchev–Trinajstić information content (AvgIpc) is 3.44. The van der Waals surface area contributed by atoms with Crippen molar-refractivity contribution in [2.45, 2.75) is 13.0 Å². The number of aromatic nitrogens is 5. The first-order chi connectivity index (χ1) is 15.1. The van der Waals surface area contributed by atoms with Gasteiger partial charge in [-0.25, -0.2) is 9.78 Å². The topological polar surface area (TPSA) is 144 Å². The fourth-order valence-electron chi connectivity index (χ4n) is 4.11. The Morgan fingerprint density at radius 3 is 2.58 bits per heavy atom. The largest absolute Gasteiger partial charge is 0.454 e. The molecule has 0 saturated carbocycles. The zero-order valence-corrected chi connectivity index (χ0v) is 16.3. The minimum atomic E-state index is -0.319. The van der Waals surface area contributed by atoms with Crippen LogP contribution in [-0.4, -0.2) is 37.8 Å². The maximum Gasteiger partial charge on any atom is 0.323 e. The van der Waals surface area contributed by atoms with Crippen molar-refractivity contribution in [3.63, 3.8) is 0 Å². The lowest BCUT2D eigenvalue weighted by atomic mass is 10.1. The summed E-state index contributed by atoms with van der Waals surface area (Å²) in [7, 11) is 0. The molecule has 0 radical (unpaired) electrons. The molecule has 10 nitrogen and oxygen atoms in total. The Hall–Kier alpha value is -4.05. The van der Waals surface area contributed by atoms with Gasteiger partial charge in [-0.15, -0.1) is 0 Å². The summed E-state index contributed by atoms with van der Waals surface area (Å²) in [4.78, 5) is 37.6. The number of nitrogens with one attached hydrogen (secondary N) is 3.